The topological polar surface area (TPSA) is 62.7 Å². The molecule has 0 radical (unpaired) electrons. The molecule has 0 N–H and O–H groups in total. The highest BCUT2D eigenvalue weighted by Gasteiger charge is 2.27. The summed E-state index contributed by atoms with van der Waals surface area (Å²) in [5, 5.41) is 0. The van der Waals surface area contributed by atoms with Gasteiger partial charge in [-0.15, -0.1) is 0 Å². The lowest BCUT2D eigenvalue weighted by atomic mass is 10.1. The van der Waals surface area contributed by atoms with E-state index in [4.69, 9.17) is 10.3 Å². The molecule has 4 nitrogen and oxygen atoms in total. The number of rotatable bonds is 3. The Bertz CT molecular complexity index is 483. The first-order valence-electron chi connectivity index (χ1n) is 5.50. The molecule has 18 heavy (non-hydrogen) atoms. The van der Waals surface area contributed by atoms with E-state index in [1.54, 1.807) is 20.8 Å². The van der Waals surface area contributed by atoms with Gasteiger partial charge in [0, 0.05) is 4.47 Å². The van der Waals surface area contributed by atoms with Crippen LogP contribution in [0, 0.1) is 0 Å². The molecule has 0 aliphatic carbocycles. The fourth-order valence-corrected chi connectivity index (χ4v) is 1.55. The Kier molecular flexibility index (Phi) is 4.82. The summed E-state index contributed by atoms with van der Waals surface area (Å²) in [6, 6.07) is 7.41. The van der Waals surface area contributed by atoms with Crippen LogP contribution in [0.3, 0.4) is 0 Å². The molecule has 0 aliphatic rings. The minimum Gasteiger partial charge on any atom is -0.451 e. The molecule has 96 valence electrons. The van der Waals surface area contributed by atoms with Crippen LogP contribution < -0.4 is 0 Å². The summed E-state index contributed by atoms with van der Waals surface area (Å²) in [5.74, 6) is -0.604. The second-order valence-electron chi connectivity index (χ2n) is 4.85. The van der Waals surface area contributed by atoms with Gasteiger partial charge in [-0.3, -0.25) is 0 Å². The fourth-order valence-electron chi connectivity index (χ4n) is 1.28. The van der Waals surface area contributed by atoms with Crippen molar-refractivity contribution in [2.45, 2.75) is 32.8 Å². The molecule has 0 amide bonds. The molecular weight excluding hydrogens is 296 g/mol. The minimum absolute atomic E-state index is 0.00718. The van der Waals surface area contributed by atoms with E-state index in [-0.39, 0.29) is 12.1 Å². The third-order valence-corrected chi connectivity index (χ3v) is 2.57. The van der Waals surface area contributed by atoms with Crippen LogP contribution in [0.2, 0.25) is 0 Å². The van der Waals surface area contributed by atoms with E-state index in [1.165, 1.54) is 0 Å². The first-order chi connectivity index (χ1) is 8.31. The second-order valence-corrected chi connectivity index (χ2v) is 5.77. The van der Waals surface area contributed by atoms with Crippen LogP contribution in [-0.2, 0) is 16.0 Å². The number of carbonyl (C=O) groups is 1. The number of hydrogen-bond donors (Lipinski definition) is 0. The highest BCUT2D eigenvalue weighted by molar-refractivity contribution is 9.10. The van der Waals surface area contributed by atoms with Crippen molar-refractivity contribution >= 4 is 27.6 Å². The van der Waals surface area contributed by atoms with E-state index in [0.29, 0.717) is 0 Å². The first-order valence-corrected chi connectivity index (χ1v) is 6.30. The summed E-state index contributed by atoms with van der Waals surface area (Å²) < 4.78 is 6.10. The van der Waals surface area contributed by atoms with Crippen molar-refractivity contribution in [2.75, 3.05) is 0 Å². The van der Waals surface area contributed by atoms with Crippen LogP contribution in [0.1, 0.15) is 26.3 Å². The van der Waals surface area contributed by atoms with Crippen molar-refractivity contribution in [1.29, 1.82) is 0 Å². The molecule has 0 atom stereocenters. The smallest absolute Gasteiger partial charge is 0.417 e. The van der Waals surface area contributed by atoms with Crippen LogP contribution in [-0.4, -0.2) is 22.1 Å². The van der Waals surface area contributed by atoms with Crippen molar-refractivity contribution in [1.82, 2.24) is 0 Å². The van der Waals surface area contributed by atoms with Crippen molar-refractivity contribution in [3.63, 3.8) is 0 Å². The van der Waals surface area contributed by atoms with Crippen LogP contribution in [0.4, 0.5) is 0 Å². The van der Waals surface area contributed by atoms with Crippen LogP contribution >= 0.6 is 15.9 Å². The van der Waals surface area contributed by atoms with Gasteiger partial charge in [0.25, 0.3) is 0 Å². The molecule has 0 spiro atoms. The Morgan fingerprint density at radius 1 is 1.33 bits per heavy atom. The minimum atomic E-state index is -0.604. The summed E-state index contributed by atoms with van der Waals surface area (Å²) in [6.07, 6.45) is 0.235. The van der Waals surface area contributed by atoms with Crippen molar-refractivity contribution in [3.8, 4) is 0 Å². The highest BCUT2D eigenvalue weighted by atomic mass is 79.9. The number of esters is 1. The van der Waals surface area contributed by atoms with Crippen LogP contribution in [0.25, 0.3) is 5.53 Å². The second kappa shape index (κ2) is 5.94. The number of ether oxygens (including phenoxy) is 1. The van der Waals surface area contributed by atoms with Crippen molar-refractivity contribution in [2.24, 2.45) is 0 Å². The van der Waals surface area contributed by atoms with Gasteiger partial charge in [-0.25, -0.2) is 4.79 Å². The van der Waals surface area contributed by atoms with Gasteiger partial charge in [-0.05, 0) is 38.5 Å². The fraction of sp³-hybridized carbons (Fsp3) is 0.385. The Labute approximate surface area is 115 Å². The predicted octanol–water partition coefficient (Wildman–Crippen LogP) is 3.00. The van der Waals surface area contributed by atoms with E-state index < -0.39 is 11.6 Å². The third kappa shape index (κ3) is 4.82. The number of benzene rings is 1. The molecule has 0 bridgehead atoms. The lowest BCUT2D eigenvalue weighted by Crippen LogP contribution is -2.30. The Morgan fingerprint density at radius 2 is 1.89 bits per heavy atom. The molecule has 0 saturated carbocycles. The summed E-state index contributed by atoms with van der Waals surface area (Å²) in [7, 11) is 0. The monoisotopic (exact) mass is 310 g/mol. The lowest BCUT2D eigenvalue weighted by molar-refractivity contribution is -0.151. The zero-order valence-electron chi connectivity index (χ0n) is 10.6. The van der Waals surface area contributed by atoms with Gasteiger partial charge in [-0.1, -0.05) is 28.1 Å². The van der Waals surface area contributed by atoms with E-state index in [1.807, 2.05) is 24.3 Å². The molecular formula is C13H15BrN2O2. The average molecular weight is 311 g/mol. The number of carbonyl (C=O) groups excluding carboxylic acids is 1. The Hall–Kier alpha value is -1.45. The maximum absolute atomic E-state index is 11.7. The number of halogens is 1. The van der Waals surface area contributed by atoms with E-state index in [2.05, 4.69) is 20.7 Å². The van der Waals surface area contributed by atoms with Crippen LogP contribution in [0.15, 0.2) is 28.7 Å². The average Bonchev–Trinajstić information content (AvgIpc) is 2.25. The molecule has 1 aromatic carbocycles. The molecule has 0 unspecified atom stereocenters. The zero-order valence-corrected chi connectivity index (χ0v) is 12.2. The van der Waals surface area contributed by atoms with Gasteiger partial charge in [0.15, 0.2) is 0 Å². The predicted molar refractivity (Wildman–Crippen MR) is 72.3 cm³/mol. The Balaban J connectivity index is 2.77. The standard InChI is InChI=1S/C13H15BrN2O2/c1-13(2,3)18-12(17)11(16-15)8-9-4-6-10(14)7-5-9/h4-7H,8H2,1-3H3. The Morgan fingerprint density at radius 3 is 2.33 bits per heavy atom. The summed E-state index contributed by atoms with van der Waals surface area (Å²) in [4.78, 5) is 14.8. The highest BCUT2D eigenvalue weighted by Crippen LogP contribution is 2.12. The molecule has 0 aromatic heterocycles. The first kappa shape index (κ1) is 14.6. The van der Waals surface area contributed by atoms with Gasteiger partial charge in [-0.2, -0.15) is 4.79 Å². The zero-order chi connectivity index (χ0) is 13.8. The molecule has 1 rings (SSSR count). The molecule has 0 saturated heterocycles. The van der Waals surface area contributed by atoms with Gasteiger partial charge in [0.2, 0.25) is 0 Å². The number of hydrogen-bond acceptors (Lipinski definition) is 2. The SMILES string of the molecule is CC(C)(C)OC(=O)C(Cc1ccc(Br)cc1)=[N+]=[N-]. The van der Waals surface area contributed by atoms with Crippen molar-refractivity contribution in [3.05, 3.63) is 39.8 Å². The van der Waals surface area contributed by atoms with Gasteiger partial charge in [0.05, 0.1) is 6.42 Å². The summed E-state index contributed by atoms with van der Waals surface area (Å²) >= 11 is 3.33. The molecule has 0 heterocycles. The third-order valence-electron chi connectivity index (χ3n) is 2.04. The molecule has 0 aliphatic heterocycles. The van der Waals surface area contributed by atoms with Gasteiger partial charge >= 0.3 is 11.7 Å². The summed E-state index contributed by atoms with van der Waals surface area (Å²) in [5.41, 5.74) is 9.15. The van der Waals surface area contributed by atoms with Gasteiger partial charge in [0.1, 0.15) is 5.60 Å². The van der Waals surface area contributed by atoms with E-state index >= 15 is 0 Å². The number of nitrogens with zero attached hydrogens (tertiary/aromatic N) is 2. The summed E-state index contributed by atoms with van der Waals surface area (Å²) in [6.45, 7) is 5.29. The molecule has 5 heteroatoms. The lowest BCUT2D eigenvalue weighted by Gasteiger charge is -2.17. The maximum Gasteiger partial charge on any atom is 0.417 e. The maximum atomic E-state index is 11.7. The quantitative estimate of drug-likeness (QED) is 0.373. The molecule has 1 aromatic rings. The van der Waals surface area contributed by atoms with Crippen LogP contribution in [0.5, 0.6) is 0 Å². The van der Waals surface area contributed by atoms with E-state index in [9.17, 15) is 4.79 Å². The van der Waals surface area contributed by atoms with Gasteiger partial charge < -0.3 is 10.3 Å². The normalized spacial score (nSPS) is 10.7. The van der Waals surface area contributed by atoms with E-state index in [0.717, 1.165) is 10.0 Å². The van der Waals surface area contributed by atoms with Crippen molar-refractivity contribution < 1.29 is 14.3 Å². The largest absolute Gasteiger partial charge is 0.451 e. The molecule has 0 fully saturated rings.